The third kappa shape index (κ3) is 4.08. The molecular formula is C23H16Cl3FN2O. The molecule has 1 unspecified atom stereocenters. The first-order chi connectivity index (χ1) is 14.3. The topological polar surface area (TPSA) is 32.7 Å². The number of anilines is 1. The van der Waals surface area contributed by atoms with Crippen molar-refractivity contribution in [2.24, 2.45) is 4.99 Å². The Labute approximate surface area is 188 Å². The zero-order chi connectivity index (χ0) is 21.4. The fourth-order valence-electron chi connectivity index (χ4n) is 3.52. The summed E-state index contributed by atoms with van der Waals surface area (Å²) in [6.45, 7) is 1.95. The number of amides is 1. The predicted molar refractivity (Wildman–Crippen MR) is 121 cm³/mol. The van der Waals surface area contributed by atoms with Gasteiger partial charge in [0, 0.05) is 28.6 Å². The summed E-state index contributed by atoms with van der Waals surface area (Å²) in [5, 5.41) is 1.25. The first-order valence-corrected chi connectivity index (χ1v) is 10.4. The standard InChI is InChI=1S/C23H16Cl3FN2O/c1-13-10-21(28-17-6-4-16(27)5-7-17)18-12-15(24)3-9-22(18)29(13)23(30)14-2-8-19(25)20(26)11-14/h2-9,11-13H,10H2,1H3. The van der Waals surface area contributed by atoms with Gasteiger partial charge in [-0.05, 0) is 67.6 Å². The predicted octanol–water partition coefficient (Wildman–Crippen LogP) is 7.35. The smallest absolute Gasteiger partial charge is 0.258 e. The Morgan fingerprint density at radius 2 is 1.73 bits per heavy atom. The van der Waals surface area contributed by atoms with Crippen LogP contribution in [0.1, 0.15) is 29.3 Å². The van der Waals surface area contributed by atoms with Gasteiger partial charge in [0.2, 0.25) is 0 Å². The molecule has 7 heteroatoms. The summed E-state index contributed by atoms with van der Waals surface area (Å²) in [5.41, 5.74) is 3.32. The summed E-state index contributed by atoms with van der Waals surface area (Å²) < 4.78 is 13.2. The number of fused-ring (bicyclic) bond motifs is 1. The summed E-state index contributed by atoms with van der Waals surface area (Å²) in [6.07, 6.45) is 0.512. The van der Waals surface area contributed by atoms with Crippen molar-refractivity contribution in [2.45, 2.75) is 19.4 Å². The van der Waals surface area contributed by atoms with Gasteiger partial charge in [0.15, 0.2) is 0 Å². The van der Waals surface area contributed by atoms with Crippen LogP contribution in [0.4, 0.5) is 15.8 Å². The van der Waals surface area contributed by atoms with E-state index in [4.69, 9.17) is 39.8 Å². The van der Waals surface area contributed by atoms with E-state index in [9.17, 15) is 9.18 Å². The van der Waals surface area contributed by atoms with Gasteiger partial charge in [0.25, 0.3) is 5.91 Å². The summed E-state index contributed by atoms with van der Waals surface area (Å²) in [5.74, 6) is -0.511. The second kappa shape index (κ2) is 8.38. The summed E-state index contributed by atoms with van der Waals surface area (Å²) in [6, 6.07) is 16.0. The Bertz CT molecular complexity index is 1160. The van der Waals surface area contributed by atoms with Gasteiger partial charge in [-0.2, -0.15) is 0 Å². The molecule has 0 saturated carbocycles. The van der Waals surface area contributed by atoms with Crippen LogP contribution in [0.5, 0.6) is 0 Å². The molecule has 0 spiro atoms. The summed E-state index contributed by atoms with van der Waals surface area (Å²) >= 11 is 18.4. The number of aliphatic imine (C=N–C) groups is 1. The van der Waals surface area contributed by atoms with Gasteiger partial charge in [-0.3, -0.25) is 9.79 Å². The SMILES string of the molecule is CC1CC(=Nc2ccc(F)cc2)c2cc(Cl)ccc2N1C(=O)c1ccc(Cl)c(Cl)c1. The van der Waals surface area contributed by atoms with Gasteiger partial charge < -0.3 is 4.90 Å². The molecule has 0 aromatic heterocycles. The molecule has 1 aliphatic heterocycles. The van der Waals surface area contributed by atoms with Crippen molar-refractivity contribution in [1.82, 2.24) is 0 Å². The average molecular weight is 462 g/mol. The van der Waals surface area contributed by atoms with Crippen molar-refractivity contribution in [3.63, 3.8) is 0 Å². The van der Waals surface area contributed by atoms with E-state index in [0.29, 0.717) is 38.4 Å². The van der Waals surface area contributed by atoms with Crippen LogP contribution in [-0.2, 0) is 0 Å². The number of rotatable bonds is 2. The highest BCUT2D eigenvalue weighted by Crippen LogP contribution is 2.36. The summed E-state index contributed by atoms with van der Waals surface area (Å²) in [7, 11) is 0. The third-order valence-electron chi connectivity index (χ3n) is 4.93. The fraction of sp³-hybridized carbons (Fsp3) is 0.130. The van der Waals surface area contributed by atoms with Gasteiger partial charge in [0.1, 0.15) is 5.82 Å². The average Bonchev–Trinajstić information content (AvgIpc) is 2.72. The molecule has 0 aliphatic carbocycles. The Kier molecular flexibility index (Phi) is 5.83. The molecule has 3 aromatic carbocycles. The quantitative estimate of drug-likeness (QED) is 0.393. The molecule has 1 aliphatic rings. The van der Waals surface area contributed by atoms with E-state index >= 15 is 0 Å². The number of hydrogen-bond donors (Lipinski definition) is 0. The van der Waals surface area contributed by atoms with Crippen LogP contribution in [0.25, 0.3) is 0 Å². The lowest BCUT2D eigenvalue weighted by Crippen LogP contribution is -2.44. The number of nitrogens with zero attached hydrogens (tertiary/aromatic N) is 2. The normalized spacial score (nSPS) is 17.2. The minimum Gasteiger partial charge on any atom is -0.305 e. The van der Waals surface area contributed by atoms with E-state index in [1.54, 1.807) is 47.4 Å². The van der Waals surface area contributed by atoms with Crippen molar-refractivity contribution < 1.29 is 9.18 Å². The largest absolute Gasteiger partial charge is 0.305 e. The zero-order valence-electron chi connectivity index (χ0n) is 15.9. The molecule has 152 valence electrons. The van der Waals surface area contributed by atoms with Crippen molar-refractivity contribution in [1.29, 1.82) is 0 Å². The minimum absolute atomic E-state index is 0.167. The lowest BCUT2D eigenvalue weighted by Gasteiger charge is -2.36. The molecule has 0 bridgehead atoms. The second-order valence-electron chi connectivity index (χ2n) is 7.05. The van der Waals surface area contributed by atoms with Crippen LogP contribution in [0, 0.1) is 5.82 Å². The maximum absolute atomic E-state index is 13.3. The van der Waals surface area contributed by atoms with Crippen molar-refractivity contribution in [3.05, 3.63) is 92.7 Å². The molecule has 1 heterocycles. The van der Waals surface area contributed by atoms with E-state index in [-0.39, 0.29) is 17.8 Å². The number of carbonyl (C=O) groups excluding carboxylic acids is 1. The van der Waals surface area contributed by atoms with Gasteiger partial charge >= 0.3 is 0 Å². The zero-order valence-corrected chi connectivity index (χ0v) is 18.1. The lowest BCUT2D eigenvalue weighted by molar-refractivity contribution is 0.0978. The molecule has 3 aromatic rings. The Morgan fingerprint density at radius 3 is 2.43 bits per heavy atom. The first kappa shape index (κ1) is 20.9. The number of halogens is 4. The highest BCUT2D eigenvalue weighted by Gasteiger charge is 2.32. The van der Waals surface area contributed by atoms with Gasteiger partial charge in [-0.1, -0.05) is 34.8 Å². The highest BCUT2D eigenvalue weighted by atomic mass is 35.5. The van der Waals surface area contributed by atoms with Crippen molar-refractivity contribution in [2.75, 3.05) is 4.90 Å². The highest BCUT2D eigenvalue weighted by molar-refractivity contribution is 6.42. The first-order valence-electron chi connectivity index (χ1n) is 9.25. The molecule has 30 heavy (non-hydrogen) atoms. The molecule has 1 atom stereocenters. The number of carbonyl (C=O) groups is 1. The van der Waals surface area contributed by atoms with Crippen LogP contribution < -0.4 is 4.90 Å². The minimum atomic E-state index is -0.321. The van der Waals surface area contributed by atoms with Crippen LogP contribution in [0.2, 0.25) is 15.1 Å². The summed E-state index contributed by atoms with van der Waals surface area (Å²) in [4.78, 5) is 19.7. The maximum Gasteiger partial charge on any atom is 0.258 e. The van der Waals surface area contributed by atoms with Crippen LogP contribution in [-0.4, -0.2) is 17.7 Å². The second-order valence-corrected chi connectivity index (χ2v) is 8.30. The van der Waals surface area contributed by atoms with E-state index in [2.05, 4.69) is 0 Å². The molecule has 0 fully saturated rings. The van der Waals surface area contributed by atoms with Crippen LogP contribution >= 0.6 is 34.8 Å². The van der Waals surface area contributed by atoms with E-state index < -0.39 is 0 Å². The van der Waals surface area contributed by atoms with Crippen LogP contribution in [0.15, 0.2) is 65.7 Å². The molecule has 1 amide bonds. The molecule has 0 saturated heterocycles. The maximum atomic E-state index is 13.3. The third-order valence-corrected chi connectivity index (χ3v) is 5.91. The Morgan fingerprint density at radius 1 is 1.00 bits per heavy atom. The monoisotopic (exact) mass is 460 g/mol. The fourth-order valence-corrected chi connectivity index (χ4v) is 3.99. The lowest BCUT2D eigenvalue weighted by atomic mass is 9.93. The van der Waals surface area contributed by atoms with E-state index in [0.717, 1.165) is 11.3 Å². The van der Waals surface area contributed by atoms with Crippen molar-refractivity contribution in [3.8, 4) is 0 Å². The number of hydrogen-bond acceptors (Lipinski definition) is 2. The van der Waals surface area contributed by atoms with Gasteiger partial charge in [0.05, 0.1) is 27.1 Å². The van der Waals surface area contributed by atoms with Gasteiger partial charge in [-0.25, -0.2) is 4.39 Å². The molecule has 4 rings (SSSR count). The van der Waals surface area contributed by atoms with E-state index in [1.807, 2.05) is 13.0 Å². The molecule has 0 radical (unpaired) electrons. The molecule has 0 N–H and O–H groups in total. The van der Waals surface area contributed by atoms with Gasteiger partial charge in [-0.15, -0.1) is 0 Å². The molecule has 3 nitrogen and oxygen atoms in total. The number of benzene rings is 3. The van der Waals surface area contributed by atoms with Crippen molar-refractivity contribution >= 4 is 57.8 Å². The molecular weight excluding hydrogens is 446 g/mol. The van der Waals surface area contributed by atoms with E-state index in [1.165, 1.54) is 12.1 Å². The Balaban J connectivity index is 1.79. The van der Waals surface area contributed by atoms with Crippen LogP contribution in [0.3, 0.4) is 0 Å². The Hall–Kier alpha value is -2.40.